The molecule has 0 unspecified atom stereocenters. The van der Waals surface area contributed by atoms with E-state index in [0.29, 0.717) is 0 Å². The van der Waals surface area contributed by atoms with Crippen LogP contribution in [0.2, 0.25) is 0 Å². The third-order valence-corrected chi connectivity index (χ3v) is 9.96. The van der Waals surface area contributed by atoms with E-state index in [1.807, 2.05) is 13.8 Å². The number of pyridine rings is 1. The molecule has 0 aliphatic heterocycles. The number of hydrogen-bond acceptors (Lipinski definition) is 1. The molecule has 0 N–H and O–H groups in total. The largest absolute Gasteiger partial charge is 0.247 e. The first-order valence-corrected chi connectivity index (χ1v) is 17.7. The van der Waals surface area contributed by atoms with Crippen molar-refractivity contribution >= 4 is 66.0 Å². The highest BCUT2D eigenvalue weighted by atomic mass is 14.7. The molecule has 1 heteroatoms. The summed E-state index contributed by atoms with van der Waals surface area (Å²) in [5.74, 6) is 0. The number of benzene rings is 8. The fourth-order valence-corrected chi connectivity index (χ4v) is 7.84. The standard InChI is InChI=1S/C47H33N.C2H6/c1-3-33-36-21-9-12-24-42(36)47(48-44(33)4-2)32-27-28-41-43(29-32)46(38-26-14-18-31-16-6-8-20-35(31)38)40-23-11-10-22-39(40)45(41)37-25-13-17-30-15-5-7-19-34(30)37;1-2/h3-29H,1-2H3;1-2H3/b33-3-,44-4+;. The van der Waals surface area contributed by atoms with Crippen molar-refractivity contribution in [1.29, 1.82) is 0 Å². The summed E-state index contributed by atoms with van der Waals surface area (Å²) >= 11 is 0. The van der Waals surface area contributed by atoms with Gasteiger partial charge in [0.05, 0.1) is 11.0 Å². The molecular formula is C49H39N. The molecule has 9 rings (SSSR count). The summed E-state index contributed by atoms with van der Waals surface area (Å²) in [7, 11) is 0. The first-order valence-electron chi connectivity index (χ1n) is 17.7. The molecule has 0 saturated carbocycles. The lowest BCUT2D eigenvalue weighted by atomic mass is 9.83. The molecule has 1 nitrogen and oxygen atoms in total. The van der Waals surface area contributed by atoms with Crippen LogP contribution in [-0.2, 0) is 0 Å². The monoisotopic (exact) mass is 641 g/mol. The fraction of sp³-hybridized carbons (Fsp3) is 0.0816. The van der Waals surface area contributed by atoms with E-state index in [4.69, 9.17) is 4.98 Å². The highest BCUT2D eigenvalue weighted by Gasteiger charge is 2.20. The minimum absolute atomic E-state index is 1.01. The lowest BCUT2D eigenvalue weighted by Crippen LogP contribution is -2.29. The molecule has 0 radical (unpaired) electrons. The average molecular weight is 642 g/mol. The highest BCUT2D eigenvalue weighted by molar-refractivity contribution is 6.25. The Bertz CT molecular complexity index is 2850. The van der Waals surface area contributed by atoms with E-state index in [-0.39, 0.29) is 0 Å². The maximum absolute atomic E-state index is 5.32. The van der Waals surface area contributed by atoms with Crippen LogP contribution in [0.15, 0.2) is 152 Å². The lowest BCUT2D eigenvalue weighted by Gasteiger charge is -2.20. The van der Waals surface area contributed by atoms with E-state index in [1.54, 1.807) is 0 Å². The van der Waals surface area contributed by atoms with Crippen molar-refractivity contribution in [2.75, 3.05) is 0 Å². The number of fused-ring (bicyclic) bond motifs is 5. The molecule has 0 fully saturated rings. The molecule has 0 aliphatic carbocycles. The molecule has 1 heterocycles. The van der Waals surface area contributed by atoms with Gasteiger partial charge in [0.2, 0.25) is 0 Å². The zero-order chi connectivity index (χ0) is 34.2. The van der Waals surface area contributed by atoms with E-state index in [0.717, 1.165) is 22.0 Å². The minimum atomic E-state index is 1.01. The van der Waals surface area contributed by atoms with Crippen LogP contribution < -0.4 is 10.6 Å². The molecular weight excluding hydrogens is 603 g/mol. The topological polar surface area (TPSA) is 12.9 Å². The Balaban J connectivity index is 0.00000177. The second kappa shape index (κ2) is 13.1. The molecule has 50 heavy (non-hydrogen) atoms. The third-order valence-electron chi connectivity index (χ3n) is 9.96. The molecule has 0 spiro atoms. The first kappa shape index (κ1) is 31.2. The average Bonchev–Trinajstić information content (AvgIpc) is 3.19. The van der Waals surface area contributed by atoms with E-state index < -0.39 is 0 Å². The normalized spacial score (nSPS) is 12.2. The maximum atomic E-state index is 5.32. The van der Waals surface area contributed by atoms with Crippen LogP contribution in [0, 0.1) is 0 Å². The molecule has 240 valence electrons. The van der Waals surface area contributed by atoms with Crippen LogP contribution in [0.5, 0.6) is 0 Å². The second-order valence-electron chi connectivity index (χ2n) is 12.5. The zero-order valence-corrected chi connectivity index (χ0v) is 29.0. The smallest absolute Gasteiger partial charge is 0.0788 e. The Kier molecular flexibility index (Phi) is 8.18. The van der Waals surface area contributed by atoms with Gasteiger partial charge in [-0.25, -0.2) is 4.98 Å². The summed E-state index contributed by atoms with van der Waals surface area (Å²) in [6.07, 6.45) is 4.30. The van der Waals surface area contributed by atoms with Crippen LogP contribution in [-0.4, -0.2) is 4.98 Å². The number of hydrogen-bond donors (Lipinski definition) is 0. The van der Waals surface area contributed by atoms with E-state index in [1.165, 1.54) is 75.9 Å². The molecule has 0 aliphatic rings. The molecule has 0 amide bonds. The van der Waals surface area contributed by atoms with Crippen molar-refractivity contribution in [2.24, 2.45) is 0 Å². The van der Waals surface area contributed by atoms with Gasteiger partial charge in [0.15, 0.2) is 0 Å². The van der Waals surface area contributed by atoms with Gasteiger partial charge in [-0.2, -0.15) is 0 Å². The summed E-state index contributed by atoms with van der Waals surface area (Å²) in [5, 5.41) is 14.5. The van der Waals surface area contributed by atoms with E-state index in [2.05, 4.69) is 178 Å². The fourth-order valence-electron chi connectivity index (χ4n) is 7.84. The van der Waals surface area contributed by atoms with Gasteiger partial charge in [0.25, 0.3) is 0 Å². The Morgan fingerprint density at radius 1 is 0.400 bits per heavy atom. The van der Waals surface area contributed by atoms with Gasteiger partial charge in [0, 0.05) is 16.2 Å². The first-order chi connectivity index (χ1) is 24.7. The van der Waals surface area contributed by atoms with Crippen molar-refractivity contribution in [1.82, 2.24) is 4.98 Å². The van der Waals surface area contributed by atoms with Crippen LogP contribution in [0.25, 0.3) is 99.5 Å². The maximum Gasteiger partial charge on any atom is 0.0788 e. The van der Waals surface area contributed by atoms with Gasteiger partial charge in [-0.05, 0) is 90.6 Å². The van der Waals surface area contributed by atoms with Gasteiger partial charge in [-0.3, -0.25) is 0 Å². The zero-order valence-electron chi connectivity index (χ0n) is 29.0. The summed E-state index contributed by atoms with van der Waals surface area (Å²) in [4.78, 5) is 5.32. The van der Waals surface area contributed by atoms with Crippen LogP contribution in [0.4, 0.5) is 0 Å². The van der Waals surface area contributed by atoms with Crippen LogP contribution >= 0.6 is 0 Å². The van der Waals surface area contributed by atoms with Gasteiger partial charge < -0.3 is 0 Å². The molecule has 9 aromatic rings. The van der Waals surface area contributed by atoms with Crippen molar-refractivity contribution in [2.45, 2.75) is 27.7 Å². The number of nitrogens with zero attached hydrogens (tertiary/aromatic N) is 1. The van der Waals surface area contributed by atoms with Gasteiger partial charge >= 0.3 is 0 Å². The Labute approximate surface area is 293 Å². The minimum Gasteiger partial charge on any atom is -0.247 e. The Hall–Kier alpha value is -6.05. The Morgan fingerprint density at radius 2 is 0.860 bits per heavy atom. The number of aromatic nitrogens is 1. The van der Waals surface area contributed by atoms with Gasteiger partial charge in [0.1, 0.15) is 0 Å². The summed E-state index contributed by atoms with van der Waals surface area (Å²) in [6.45, 7) is 8.18. The summed E-state index contributed by atoms with van der Waals surface area (Å²) in [5.41, 5.74) is 7.14. The molecule has 0 atom stereocenters. The van der Waals surface area contributed by atoms with Gasteiger partial charge in [-0.1, -0.05) is 172 Å². The van der Waals surface area contributed by atoms with Crippen molar-refractivity contribution in [3.05, 3.63) is 162 Å². The predicted molar refractivity (Wildman–Crippen MR) is 219 cm³/mol. The predicted octanol–water partition coefficient (Wildman–Crippen LogP) is 12.5. The van der Waals surface area contributed by atoms with Crippen molar-refractivity contribution in [3.8, 4) is 33.5 Å². The molecule has 0 saturated heterocycles. The second-order valence-corrected chi connectivity index (χ2v) is 12.5. The quantitative estimate of drug-likeness (QED) is 0.175. The van der Waals surface area contributed by atoms with Crippen LogP contribution in [0.1, 0.15) is 27.7 Å². The lowest BCUT2D eigenvalue weighted by molar-refractivity contribution is 1.25. The molecule has 0 bridgehead atoms. The summed E-state index contributed by atoms with van der Waals surface area (Å²) < 4.78 is 0. The van der Waals surface area contributed by atoms with E-state index in [9.17, 15) is 0 Å². The summed E-state index contributed by atoms with van der Waals surface area (Å²) in [6, 6.07) is 55.5. The van der Waals surface area contributed by atoms with Crippen molar-refractivity contribution < 1.29 is 0 Å². The van der Waals surface area contributed by atoms with Crippen LogP contribution in [0.3, 0.4) is 0 Å². The highest BCUT2D eigenvalue weighted by Crippen LogP contribution is 2.47. The molecule has 1 aromatic heterocycles. The molecule has 8 aromatic carbocycles. The van der Waals surface area contributed by atoms with E-state index >= 15 is 0 Å². The number of rotatable bonds is 3. The SMILES string of the molecule is C/C=c1\c(=C/C)nc(-c2ccc3c(-c4cccc5ccccc45)c4ccccc4c(-c4cccc5ccccc45)c3c2)c2ccccc12.CC. The van der Waals surface area contributed by atoms with Crippen molar-refractivity contribution in [3.63, 3.8) is 0 Å². The van der Waals surface area contributed by atoms with Gasteiger partial charge in [-0.15, -0.1) is 0 Å². The Morgan fingerprint density at radius 3 is 1.42 bits per heavy atom. The third kappa shape index (κ3) is 4.97.